The van der Waals surface area contributed by atoms with E-state index in [9.17, 15) is 0 Å². The van der Waals surface area contributed by atoms with Crippen molar-refractivity contribution in [1.82, 2.24) is 24.8 Å². The van der Waals surface area contributed by atoms with E-state index in [0.717, 1.165) is 25.8 Å². The Hall–Kier alpha value is -2.32. The zero-order valence-corrected chi connectivity index (χ0v) is 13.5. The van der Waals surface area contributed by atoms with E-state index in [4.69, 9.17) is 4.42 Å². The molecule has 4 rings (SSSR count). The predicted octanol–water partition coefficient (Wildman–Crippen LogP) is 3.77. The lowest BCUT2D eigenvalue weighted by Crippen LogP contribution is -1.91. The van der Waals surface area contributed by atoms with Gasteiger partial charge in [0.05, 0.1) is 6.26 Å². The first kappa shape index (κ1) is 13.4. The molecule has 0 fully saturated rings. The molecule has 6 nitrogen and oxygen atoms in total. The van der Waals surface area contributed by atoms with Crippen LogP contribution in [-0.2, 0) is 0 Å². The summed E-state index contributed by atoms with van der Waals surface area (Å²) in [5.41, 5.74) is 0.855. The number of pyridine rings is 1. The topological polar surface area (TPSA) is 69.1 Å². The Morgan fingerprint density at radius 1 is 1.23 bits per heavy atom. The number of fused-ring (bicyclic) bond motifs is 1. The maximum absolute atomic E-state index is 5.26. The Balaban J connectivity index is 1.73. The van der Waals surface area contributed by atoms with Crippen LogP contribution < -0.4 is 0 Å². The summed E-state index contributed by atoms with van der Waals surface area (Å²) in [6.07, 6.45) is 8.85. The molecular weight excluding hydrogens is 366 g/mol. The summed E-state index contributed by atoms with van der Waals surface area (Å²) in [6, 6.07) is 5.66. The molecule has 108 valence electrons. The van der Waals surface area contributed by atoms with Gasteiger partial charge in [0.15, 0.2) is 5.82 Å². The highest BCUT2D eigenvalue weighted by Crippen LogP contribution is 2.24. The van der Waals surface area contributed by atoms with Gasteiger partial charge >= 0.3 is 0 Å². The molecular formula is C14H8BrN5OS. The van der Waals surface area contributed by atoms with Crippen LogP contribution in [-0.4, -0.2) is 24.8 Å². The molecule has 0 aliphatic heterocycles. The molecule has 0 aliphatic carbocycles. The Bertz CT molecular complexity index is 957. The van der Waals surface area contributed by atoms with E-state index in [1.165, 1.54) is 11.3 Å². The van der Waals surface area contributed by atoms with Crippen molar-refractivity contribution in [3.05, 3.63) is 52.1 Å². The Morgan fingerprint density at radius 3 is 3.00 bits per heavy atom. The summed E-state index contributed by atoms with van der Waals surface area (Å²) in [4.78, 5) is 4.88. The summed E-state index contributed by atoms with van der Waals surface area (Å²) in [5, 5.41) is 13.7. The molecule has 0 saturated heterocycles. The second-order valence-electron chi connectivity index (χ2n) is 4.40. The minimum absolute atomic E-state index is 0.665. The monoisotopic (exact) mass is 373 g/mol. The molecule has 0 saturated carbocycles. The van der Waals surface area contributed by atoms with Crippen LogP contribution in [0, 0.1) is 0 Å². The quantitative estimate of drug-likeness (QED) is 0.546. The molecule has 4 heterocycles. The van der Waals surface area contributed by atoms with Gasteiger partial charge < -0.3 is 4.42 Å². The van der Waals surface area contributed by atoms with E-state index in [1.807, 2.05) is 30.4 Å². The fourth-order valence-electron chi connectivity index (χ4n) is 1.95. The van der Waals surface area contributed by atoms with Gasteiger partial charge in [-0.1, -0.05) is 11.3 Å². The molecule has 0 atom stereocenters. The third-order valence-corrected chi connectivity index (χ3v) is 4.20. The fourth-order valence-corrected chi connectivity index (χ4v) is 3.06. The van der Waals surface area contributed by atoms with Gasteiger partial charge in [-0.25, -0.2) is 0 Å². The maximum Gasteiger partial charge on any atom is 0.235 e. The van der Waals surface area contributed by atoms with Gasteiger partial charge in [0.2, 0.25) is 4.96 Å². The van der Waals surface area contributed by atoms with Crippen LogP contribution >= 0.6 is 27.3 Å². The molecule has 0 aliphatic rings. The molecule has 0 radical (unpaired) electrons. The van der Waals surface area contributed by atoms with Gasteiger partial charge in [-0.05, 0) is 46.3 Å². The predicted molar refractivity (Wildman–Crippen MR) is 87.2 cm³/mol. The highest BCUT2D eigenvalue weighted by atomic mass is 79.9. The molecule has 8 heteroatoms. The van der Waals surface area contributed by atoms with Crippen molar-refractivity contribution < 1.29 is 4.42 Å². The highest BCUT2D eigenvalue weighted by molar-refractivity contribution is 9.10. The van der Waals surface area contributed by atoms with Crippen molar-refractivity contribution in [3.63, 3.8) is 0 Å². The Labute approximate surface area is 137 Å². The largest absolute Gasteiger partial charge is 0.465 e. The van der Waals surface area contributed by atoms with Crippen LogP contribution in [0.4, 0.5) is 0 Å². The molecule has 0 spiro atoms. The van der Waals surface area contributed by atoms with Crippen LogP contribution in [0.5, 0.6) is 0 Å². The molecule has 4 aromatic heterocycles. The van der Waals surface area contributed by atoms with Gasteiger partial charge in [-0.3, -0.25) is 4.98 Å². The zero-order chi connectivity index (χ0) is 14.9. The molecule has 0 amide bonds. The van der Waals surface area contributed by atoms with Gasteiger partial charge in [0.1, 0.15) is 10.8 Å². The summed E-state index contributed by atoms with van der Waals surface area (Å²) in [7, 11) is 0. The minimum atomic E-state index is 0.665. The summed E-state index contributed by atoms with van der Waals surface area (Å²) in [5.74, 6) is 1.44. The lowest BCUT2D eigenvalue weighted by atomic mass is 10.3. The third-order valence-electron chi connectivity index (χ3n) is 2.90. The average Bonchev–Trinajstić information content (AvgIpc) is 3.22. The van der Waals surface area contributed by atoms with E-state index < -0.39 is 0 Å². The lowest BCUT2D eigenvalue weighted by Gasteiger charge is -1.96. The average molecular weight is 374 g/mol. The van der Waals surface area contributed by atoms with Crippen molar-refractivity contribution >= 4 is 44.4 Å². The normalized spacial score (nSPS) is 11.7. The van der Waals surface area contributed by atoms with Crippen LogP contribution in [0.2, 0.25) is 0 Å². The van der Waals surface area contributed by atoms with Crippen LogP contribution in [0.1, 0.15) is 10.8 Å². The fraction of sp³-hybridized carbons (Fsp3) is 0. The van der Waals surface area contributed by atoms with Crippen LogP contribution in [0.25, 0.3) is 28.5 Å². The first-order chi connectivity index (χ1) is 10.8. The van der Waals surface area contributed by atoms with Gasteiger partial charge in [0.25, 0.3) is 0 Å². The van der Waals surface area contributed by atoms with E-state index >= 15 is 0 Å². The van der Waals surface area contributed by atoms with Crippen molar-refractivity contribution in [1.29, 1.82) is 0 Å². The van der Waals surface area contributed by atoms with Crippen molar-refractivity contribution in [2.75, 3.05) is 0 Å². The van der Waals surface area contributed by atoms with Gasteiger partial charge in [0, 0.05) is 22.4 Å². The molecule has 4 aromatic rings. The smallest absolute Gasteiger partial charge is 0.235 e. The molecule has 0 bridgehead atoms. The number of hydrogen-bond donors (Lipinski definition) is 0. The SMILES string of the molecule is Brc1cncc(-c2nnc3sc(C=Cc4ccco4)nn23)c1. The summed E-state index contributed by atoms with van der Waals surface area (Å²) >= 11 is 4.86. The number of furan rings is 1. The van der Waals surface area contributed by atoms with E-state index in [2.05, 4.69) is 36.2 Å². The van der Waals surface area contributed by atoms with Crippen molar-refractivity contribution in [2.24, 2.45) is 0 Å². The number of rotatable bonds is 3. The lowest BCUT2D eigenvalue weighted by molar-refractivity contribution is 0.557. The number of nitrogens with zero attached hydrogens (tertiary/aromatic N) is 5. The molecule has 0 unspecified atom stereocenters. The van der Waals surface area contributed by atoms with E-state index in [0.29, 0.717) is 5.82 Å². The van der Waals surface area contributed by atoms with Crippen molar-refractivity contribution in [3.8, 4) is 11.4 Å². The van der Waals surface area contributed by atoms with Crippen molar-refractivity contribution in [2.45, 2.75) is 0 Å². The van der Waals surface area contributed by atoms with E-state index in [-0.39, 0.29) is 0 Å². The zero-order valence-electron chi connectivity index (χ0n) is 11.0. The second kappa shape index (κ2) is 5.47. The number of halogens is 1. The number of hydrogen-bond acceptors (Lipinski definition) is 6. The maximum atomic E-state index is 5.26. The molecule has 0 N–H and O–H groups in total. The standard InChI is InChI=1S/C14H8BrN5OS/c15-10-6-9(7-16-8-10)13-17-18-14-20(13)19-12(22-14)4-3-11-2-1-5-21-11/h1-8H. The third kappa shape index (κ3) is 2.46. The minimum Gasteiger partial charge on any atom is -0.465 e. The first-order valence-electron chi connectivity index (χ1n) is 6.34. The first-order valence-corrected chi connectivity index (χ1v) is 7.95. The molecule has 0 aromatic carbocycles. The van der Waals surface area contributed by atoms with E-state index in [1.54, 1.807) is 23.2 Å². The summed E-state index contributed by atoms with van der Waals surface area (Å²) in [6.45, 7) is 0. The molecule has 22 heavy (non-hydrogen) atoms. The number of aromatic nitrogens is 5. The second-order valence-corrected chi connectivity index (χ2v) is 6.30. The Kier molecular flexibility index (Phi) is 3.32. The van der Waals surface area contributed by atoms with Gasteiger partial charge in [-0.2, -0.15) is 9.61 Å². The van der Waals surface area contributed by atoms with Crippen LogP contribution in [0.3, 0.4) is 0 Å². The Morgan fingerprint density at radius 2 is 2.18 bits per heavy atom. The highest BCUT2D eigenvalue weighted by Gasteiger charge is 2.12. The summed E-state index contributed by atoms with van der Waals surface area (Å²) < 4.78 is 7.86. The van der Waals surface area contributed by atoms with Crippen LogP contribution in [0.15, 0.2) is 45.7 Å². The van der Waals surface area contributed by atoms with Gasteiger partial charge in [-0.15, -0.1) is 10.2 Å².